The summed E-state index contributed by atoms with van der Waals surface area (Å²) in [5.74, 6) is -0.258. The van der Waals surface area contributed by atoms with Crippen LogP contribution in [0.15, 0.2) is 0 Å². The lowest BCUT2D eigenvalue weighted by Crippen LogP contribution is -2.19. The molecule has 0 bridgehead atoms. The third kappa shape index (κ3) is 9.46. The van der Waals surface area contributed by atoms with Crippen molar-refractivity contribution in [2.24, 2.45) is 5.92 Å². The van der Waals surface area contributed by atoms with E-state index in [2.05, 4.69) is 0 Å². The molecule has 0 amide bonds. The van der Waals surface area contributed by atoms with E-state index in [4.69, 9.17) is 4.74 Å². The topological polar surface area (TPSA) is 26.3 Å². The predicted molar refractivity (Wildman–Crippen MR) is 49.1 cm³/mol. The van der Waals surface area contributed by atoms with Crippen LogP contribution in [0, 0.1) is 5.92 Å². The molecule has 0 aliphatic carbocycles. The van der Waals surface area contributed by atoms with Crippen molar-refractivity contribution in [1.29, 1.82) is 0 Å². The molecule has 0 unspecified atom stereocenters. The molecular weight excluding hydrogens is 194 g/mol. The molecule has 0 heterocycles. The maximum absolute atomic E-state index is 12.4. The average molecular weight is 210 g/mol. The van der Waals surface area contributed by atoms with Crippen molar-refractivity contribution >= 4 is 14.7 Å². The molecular formula is C8H16F2O2Si. The lowest BCUT2D eigenvalue weighted by molar-refractivity contribution is -0.144. The Morgan fingerprint density at radius 1 is 1.46 bits per heavy atom. The summed E-state index contributed by atoms with van der Waals surface area (Å²) in [6, 6.07) is -0.302. The normalized spacial score (nSPS) is 11.8. The van der Waals surface area contributed by atoms with Crippen LogP contribution >= 0.6 is 0 Å². The quantitative estimate of drug-likeness (QED) is 0.396. The standard InChI is InChI=1S/C8H16F2O2Si/c1-7(2)6-12-8(11)4-5-13(3,9)10/h7H,4-6H2,1-3H3. The average Bonchev–Trinajstić information content (AvgIpc) is 1.95. The van der Waals surface area contributed by atoms with Crippen LogP contribution in [0.25, 0.3) is 0 Å². The van der Waals surface area contributed by atoms with Gasteiger partial charge in [0.25, 0.3) is 0 Å². The molecule has 0 aromatic heterocycles. The first-order chi connectivity index (χ1) is 5.81. The van der Waals surface area contributed by atoms with E-state index in [-0.39, 0.29) is 18.4 Å². The van der Waals surface area contributed by atoms with Gasteiger partial charge in [-0.25, -0.2) is 0 Å². The van der Waals surface area contributed by atoms with Crippen molar-refractivity contribution in [1.82, 2.24) is 0 Å². The van der Waals surface area contributed by atoms with Crippen molar-refractivity contribution in [2.75, 3.05) is 6.61 Å². The van der Waals surface area contributed by atoms with Gasteiger partial charge in [-0.1, -0.05) is 13.8 Å². The Hall–Kier alpha value is -0.453. The zero-order chi connectivity index (χ0) is 10.5. The first kappa shape index (κ1) is 12.5. The summed E-state index contributed by atoms with van der Waals surface area (Å²) in [6.07, 6.45) is -0.150. The SMILES string of the molecule is CC(C)COC(=O)CC[Si](C)(F)F. The molecule has 0 aliphatic rings. The molecule has 0 aromatic carbocycles. The lowest BCUT2D eigenvalue weighted by Gasteiger charge is -2.08. The van der Waals surface area contributed by atoms with E-state index in [0.29, 0.717) is 6.61 Å². The van der Waals surface area contributed by atoms with Crippen LogP contribution < -0.4 is 0 Å². The predicted octanol–water partition coefficient (Wildman–Crippen LogP) is 2.59. The van der Waals surface area contributed by atoms with Gasteiger partial charge in [0.05, 0.1) is 6.61 Å². The monoisotopic (exact) mass is 210 g/mol. The highest BCUT2D eigenvalue weighted by molar-refractivity contribution is 6.64. The fourth-order valence-corrected chi connectivity index (χ4v) is 1.30. The molecule has 0 aliphatic heterocycles. The Balaban J connectivity index is 3.53. The minimum atomic E-state index is -4.08. The second-order valence-electron chi connectivity index (χ2n) is 3.65. The van der Waals surface area contributed by atoms with Gasteiger partial charge >= 0.3 is 14.7 Å². The lowest BCUT2D eigenvalue weighted by atomic mass is 10.2. The Kier molecular flexibility index (Phi) is 5.13. The highest BCUT2D eigenvalue weighted by atomic mass is 28.4. The van der Waals surface area contributed by atoms with Gasteiger partial charge in [0, 0.05) is 12.5 Å². The highest BCUT2D eigenvalue weighted by Gasteiger charge is 2.28. The van der Waals surface area contributed by atoms with E-state index in [1.807, 2.05) is 13.8 Å². The van der Waals surface area contributed by atoms with Gasteiger partial charge in [-0.3, -0.25) is 13.0 Å². The summed E-state index contributed by atoms with van der Waals surface area (Å²) in [5, 5.41) is 0. The van der Waals surface area contributed by atoms with E-state index in [9.17, 15) is 13.0 Å². The van der Waals surface area contributed by atoms with Crippen LogP contribution in [0.3, 0.4) is 0 Å². The molecule has 0 fully saturated rings. The van der Waals surface area contributed by atoms with Gasteiger partial charge in [-0.15, -0.1) is 0 Å². The van der Waals surface area contributed by atoms with Gasteiger partial charge in [0.15, 0.2) is 0 Å². The molecule has 78 valence electrons. The maximum atomic E-state index is 12.4. The molecule has 0 N–H and O–H groups in total. The van der Waals surface area contributed by atoms with Crippen LogP contribution in [-0.4, -0.2) is 21.3 Å². The first-order valence-corrected chi connectivity index (χ1v) is 6.81. The van der Waals surface area contributed by atoms with E-state index < -0.39 is 14.7 Å². The van der Waals surface area contributed by atoms with Gasteiger partial charge in [-0.05, 0) is 12.5 Å². The van der Waals surface area contributed by atoms with E-state index in [0.717, 1.165) is 6.55 Å². The van der Waals surface area contributed by atoms with Crippen molar-refractivity contribution in [3.63, 3.8) is 0 Å². The summed E-state index contributed by atoms with van der Waals surface area (Å²) in [7, 11) is -4.08. The fourth-order valence-electron chi connectivity index (χ4n) is 0.653. The largest absolute Gasteiger partial charge is 0.465 e. The van der Waals surface area contributed by atoms with Crippen molar-refractivity contribution in [3.05, 3.63) is 0 Å². The second-order valence-corrected chi connectivity index (χ2v) is 6.29. The van der Waals surface area contributed by atoms with Gasteiger partial charge < -0.3 is 4.74 Å². The Bertz CT molecular complexity index is 166. The number of hydrogen-bond donors (Lipinski definition) is 0. The molecule has 0 rings (SSSR count). The number of hydrogen-bond acceptors (Lipinski definition) is 2. The first-order valence-electron chi connectivity index (χ1n) is 4.34. The molecule has 0 saturated heterocycles. The summed E-state index contributed by atoms with van der Waals surface area (Å²) >= 11 is 0. The minimum absolute atomic E-state index is 0.150. The Labute approximate surface area is 78.6 Å². The summed E-state index contributed by atoms with van der Waals surface area (Å²) < 4.78 is 29.6. The van der Waals surface area contributed by atoms with E-state index >= 15 is 0 Å². The molecule has 2 nitrogen and oxygen atoms in total. The smallest absolute Gasteiger partial charge is 0.422 e. The maximum Gasteiger partial charge on any atom is 0.422 e. The second kappa shape index (κ2) is 5.31. The molecule has 0 saturated carbocycles. The number of ether oxygens (including phenoxy) is 1. The van der Waals surface area contributed by atoms with E-state index in [1.165, 1.54) is 0 Å². The third-order valence-electron chi connectivity index (χ3n) is 1.35. The van der Waals surface area contributed by atoms with Crippen LogP contribution in [0.4, 0.5) is 8.22 Å². The zero-order valence-corrected chi connectivity index (χ0v) is 9.27. The molecule has 5 heteroatoms. The minimum Gasteiger partial charge on any atom is -0.465 e. The number of esters is 1. The number of rotatable bonds is 5. The number of halogens is 2. The van der Waals surface area contributed by atoms with Gasteiger partial charge in [0.2, 0.25) is 0 Å². The van der Waals surface area contributed by atoms with Crippen LogP contribution in [0.1, 0.15) is 20.3 Å². The number of carbonyl (C=O) groups excluding carboxylic acids is 1. The van der Waals surface area contributed by atoms with Gasteiger partial charge in [0.1, 0.15) is 0 Å². The van der Waals surface area contributed by atoms with Crippen LogP contribution in [-0.2, 0) is 9.53 Å². The summed E-state index contributed by atoms with van der Waals surface area (Å²) in [4.78, 5) is 10.9. The number of carbonyl (C=O) groups is 1. The van der Waals surface area contributed by atoms with Crippen molar-refractivity contribution in [3.8, 4) is 0 Å². The van der Waals surface area contributed by atoms with Crippen LogP contribution in [0.5, 0.6) is 0 Å². The summed E-state index contributed by atoms with van der Waals surface area (Å²) in [6.45, 7) is 5.05. The van der Waals surface area contributed by atoms with E-state index in [1.54, 1.807) is 0 Å². The van der Waals surface area contributed by atoms with Crippen molar-refractivity contribution in [2.45, 2.75) is 32.9 Å². The zero-order valence-electron chi connectivity index (χ0n) is 8.27. The van der Waals surface area contributed by atoms with Gasteiger partial charge in [-0.2, -0.15) is 0 Å². The molecule has 0 radical (unpaired) electrons. The molecule has 0 aromatic rings. The summed E-state index contributed by atoms with van der Waals surface area (Å²) in [5.41, 5.74) is 0. The molecule has 13 heavy (non-hydrogen) atoms. The fraction of sp³-hybridized carbons (Fsp3) is 0.875. The molecule has 0 atom stereocenters. The Morgan fingerprint density at radius 3 is 2.38 bits per heavy atom. The third-order valence-corrected chi connectivity index (χ3v) is 2.47. The Morgan fingerprint density at radius 2 is 2.00 bits per heavy atom. The van der Waals surface area contributed by atoms with Crippen LogP contribution in [0.2, 0.25) is 12.6 Å². The molecule has 0 spiro atoms. The van der Waals surface area contributed by atoms with Crippen molar-refractivity contribution < 1.29 is 17.7 Å². The highest BCUT2D eigenvalue weighted by Crippen LogP contribution is 2.15.